The Morgan fingerprint density at radius 2 is 1.43 bits per heavy atom. The Morgan fingerprint density at radius 1 is 0.816 bits per heavy atom. The summed E-state index contributed by atoms with van der Waals surface area (Å²) in [5.41, 5.74) is 6.23. The van der Waals surface area contributed by atoms with Crippen LogP contribution in [0.1, 0.15) is 114 Å². The third kappa shape index (κ3) is 8.78. The minimum atomic E-state index is -4.38. The van der Waals surface area contributed by atoms with Crippen molar-refractivity contribution in [1.29, 1.82) is 0 Å². The van der Waals surface area contributed by atoms with Gasteiger partial charge in [-0.05, 0) is 95.7 Å². The van der Waals surface area contributed by atoms with E-state index >= 15 is 0 Å². The number of benzene rings is 2. The number of carboxylic acid groups (broad SMARTS) is 1. The molecule has 2 aliphatic rings. The molecular weight excluding hydrogens is 661 g/mol. The number of allylic oxidation sites excluding steroid dienone is 10. The highest BCUT2D eigenvalue weighted by molar-refractivity contribution is 7.86. The van der Waals surface area contributed by atoms with Crippen LogP contribution in [0.25, 0.3) is 5.57 Å². The first-order valence-electron chi connectivity index (χ1n) is 16.8. The van der Waals surface area contributed by atoms with Gasteiger partial charge >= 0.3 is 5.97 Å². The molecule has 0 aromatic heterocycles. The zero-order valence-corrected chi connectivity index (χ0v) is 30.6. The summed E-state index contributed by atoms with van der Waals surface area (Å²) >= 11 is 0. The molecule has 1 unspecified atom stereocenters. The summed E-state index contributed by atoms with van der Waals surface area (Å²) in [5.74, 6) is -0.610. The summed E-state index contributed by atoms with van der Waals surface area (Å²) in [4.78, 5) is 10.7. The molecule has 2 aromatic rings. The topological polar surface area (TPSA) is 146 Å². The van der Waals surface area contributed by atoms with E-state index in [-0.39, 0.29) is 22.1 Å². The highest BCUT2D eigenvalue weighted by Crippen LogP contribution is 2.49. The predicted octanol–water partition coefficient (Wildman–Crippen LogP) is 9.12. The maximum Gasteiger partial charge on any atom is 0.303 e. The lowest BCUT2D eigenvalue weighted by atomic mass is 9.75. The number of unbranched alkanes of at least 4 members (excludes halogenated alkanes) is 2. The Kier molecular flexibility index (Phi) is 11.8. The normalized spacial score (nSPS) is 20.0. The first-order chi connectivity index (χ1) is 22.9. The first kappa shape index (κ1) is 38.2. The fraction of sp³-hybridized carbons (Fsp3) is 0.410. The number of hydrogen-bond acceptors (Lipinski definition) is 5. The van der Waals surface area contributed by atoms with Crippen LogP contribution in [0.2, 0.25) is 0 Å². The molecule has 0 radical (unpaired) electrons. The molecule has 4 rings (SSSR count). The third-order valence-electron chi connectivity index (χ3n) is 10.1. The second kappa shape index (κ2) is 15.1. The fourth-order valence-electron chi connectivity index (χ4n) is 7.34. The van der Waals surface area contributed by atoms with Gasteiger partial charge in [0.05, 0.1) is 9.79 Å². The summed E-state index contributed by atoms with van der Waals surface area (Å²) in [7, 11) is -8.69. The van der Waals surface area contributed by atoms with Crippen molar-refractivity contribution in [2.75, 3.05) is 0 Å². The quantitative estimate of drug-likeness (QED) is 0.0808. The predicted molar refractivity (Wildman–Crippen MR) is 194 cm³/mol. The van der Waals surface area contributed by atoms with Gasteiger partial charge in [-0.3, -0.25) is 13.9 Å². The molecule has 264 valence electrons. The van der Waals surface area contributed by atoms with Crippen molar-refractivity contribution >= 4 is 31.8 Å². The van der Waals surface area contributed by atoms with Gasteiger partial charge < -0.3 is 5.11 Å². The lowest BCUT2D eigenvalue weighted by molar-refractivity contribution is -0.137. The summed E-state index contributed by atoms with van der Waals surface area (Å²) in [6.07, 6.45) is 19.7. The molecule has 0 amide bonds. The number of fused-ring (bicyclic) bond motifs is 2. The first-order valence-corrected chi connectivity index (χ1v) is 19.7. The Bertz CT molecular complexity index is 1960. The zero-order chi connectivity index (χ0) is 36.2. The van der Waals surface area contributed by atoms with Crippen LogP contribution in [0.5, 0.6) is 0 Å². The molecule has 2 aromatic carbocycles. The van der Waals surface area contributed by atoms with Gasteiger partial charge in [0.15, 0.2) is 0 Å². The van der Waals surface area contributed by atoms with Crippen molar-refractivity contribution < 1.29 is 35.8 Å². The third-order valence-corrected chi connectivity index (χ3v) is 11.8. The summed E-state index contributed by atoms with van der Waals surface area (Å²) in [5, 5.41) is 8.97. The van der Waals surface area contributed by atoms with Crippen molar-refractivity contribution in [3.05, 3.63) is 112 Å². The van der Waals surface area contributed by atoms with Gasteiger partial charge in [-0.15, -0.1) is 0 Å². The number of aliphatic carboxylic acids is 1. The molecule has 0 aliphatic heterocycles. The van der Waals surface area contributed by atoms with Gasteiger partial charge in [-0.1, -0.05) is 108 Å². The van der Waals surface area contributed by atoms with E-state index in [0.29, 0.717) is 6.42 Å². The van der Waals surface area contributed by atoms with E-state index in [0.717, 1.165) is 77.5 Å². The molecule has 49 heavy (non-hydrogen) atoms. The average Bonchev–Trinajstić information content (AvgIpc) is 3.17. The van der Waals surface area contributed by atoms with E-state index in [1.807, 2.05) is 50.3 Å². The number of carbonyl (C=O) groups is 1. The van der Waals surface area contributed by atoms with E-state index in [1.165, 1.54) is 12.1 Å². The molecule has 0 heterocycles. The van der Waals surface area contributed by atoms with E-state index in [9.17, 15) is 30.7 Å². The largest absolute Gasteiger partial charge is 0.481 e. The molecule has 0 fully saturated rings. The van der Waals surface area contributed by atoms with Crippen molar-refractivity contribution in [2.24, 2.45) is 0 Å². The monoisotopic (exact) mass is 708 g/mol. The van der Waals surface area contributed by atoms with Crippen molar-refractivity contribution in [2.45, 2.75) is 113 Å². The number of carboxylic acids is 1. The molecule has 0 spiro atoms. The van der Waals surface area contributed by atoms with Crippen LogP contribution in [0, 0.1) is 0 Å². The SMILES string of the molecule is CCC1=C(/C=C/C=C/C=C/C=C2/CCC(CCCCCC(=O)O)c3ccc(S(=O)(=O)O)cc3C2(C)C)C(C)(C)c2cc(S(=O)(=O)O)ccc21. The molecule has 2 aliphatic carbocycles. The second-order valence-electron chi connectivity index (χ2n) is 14.0. The molecule has 0 saturated carbocycles. The van der Waals surface area contributed by atoms with Crippen LogP contribution in [-0.4, -0.2) is 37.0 Å². The molecule has 1 atom stereocenters. The van der Waals surface area contributed by atoms with Gasteiger partial charge in [0.25, 0.3) is 20.2 Å². The highest BCUT2D eigenvalue weighted by atomic mass is 32.2. The highest BCUT2D eigenvalue weighted by Gasteiger charge is 2.37. The van der Waals surface area contributed by atoms with E-state index < -0.39 is 37.0 Å². The smallest absolute Gasteiger partial charge is 0.303 e. The minimum Gasteiger partial charge on any atom is -0.481 e. The second-order valence-corrected chi connectivity index (χ2v) is 16.8. The van der Waals surface area contributed by atoms with Crippen LogP contribution in [-0.2, 0) is 35.9 Å². The van der Waals surface area contributed by atoms with Crippen LogP contribution < -0.4 is 0 Å². The minimum absolute atomic E-state index is 0.109. The van der Waals surface area contributed by atoms with Crippen LogP contribution >= 0.6 is 0 Å². The maximum absolute atomic E-state index is 12.1. The lowest BCUT2D eigenvalue weighted by Gasteiger charge is -2.29. The van der Waals surface area contributed by atoms with E-state index in [2.05, 4.69) is 32.9 Å². The van der Waals surface area contributed by atoms with Crippen LogP contribution in [0.3, 0.4) is 0 Å². The molecule has 0 saturated heterocycles. The van der Waals surface area contributed by atoms with Crippen LogP contribution in [0.4, 0.5) is 0 Å². The van der Waals surface area contributed by atoms with Gasteiger partial charge in [0, 0.05) is 17.3 Å². The zero-order valence-electron chi connectivity index (χ0n) is 28.9. The summed E-state index contributed by atoms with van der Waals surface area (Å²) < 4.78 is 67.1. The van der Waals surface area contributed by atoms with Crippen LogP contribution in [0.15, 0.2) is 99.9 Å². The van der Waals surface area contributed by atoms with E-state index in [1.54, 1.807) is 18.2 Å². The number of rotatable bonds is 13. The molecule has 3 N–H and O–H groups in total. The van der Waals surface area contributed by atoms with Gasteiger partial charge in [-0.25, -0.2) is 0 Å². The van der Waals surface area contributed by atoms with Crippen molar-refractivity contribution in [1.82, 2.24) is 0 Å². The lowest BCUT2D eigenvalue weighted by Crippen LogP contribution is -2.21. The average molecular weight is 709 g/mol. The van der Waals surface area contributed by atoms with E-state index in [4.69, 9.17) is 5.11 Å². The molecule has 8 nitrogen and oxygen atoms in total. The molecule has 0 bridgehead atoms. The summed E-state index contributed by atoms with van der Waals surface area (Å²) in [6, 6.07) is 9.67. The number of hydrogen-bond donors (Lipinski definition) is 3. The van der Waals surface area contributed by atoms with Crippen molar-refractivity contribution in [3.63, 3.8) is 0 Å². The molecule has 10 heteroatoms. The molecular formula is C39H48O8S2. The Labute approximate surface area is 291 Å². The van der Waals surface area contributed by atoms with Gasteiger partial charge in [0.1, 0.15) is 0 Å². The fourth-order valence-corrected chi connectivity index (χ4v) is 8.35. The Morgan fingerprint density at radius 3 is 2.06 bits per heavy atom. The van der Waals surface area contributed by atoms with Crippen molar-refractivity contribution in [3.8, 4) is 0 Å². The Hall–Kier alpha value is -3.57. The maximum atomic E-state index is 12.1. The van der Waals surface area contributed by atoms with Gasteiger partial charge in [-0.2, -0.15) is 16.8 Å². The standard InChI is InChI=1S/C39H48O8S2/c1-6-31-33-24-22-30(49(45,46)47)26-36(33)39(4,5)34(31)17-13-9-7-8-12-16-28-20-19-27(15-11-10-14-18-37(40)41)32-23-21-29(48(42,43)44)25-35(32)38(28,2)3/h7-9,12-13,16-17,21-27H,6,10-11,14-15,18-20H2,1-5H3,(H,40,41)(H,42,43,44)(H,45,46,47)/b9-7+,12-8+,17-13+,28-16-. The van der Waals surface area contributed by atoms with Gasteiger partial charge in [0.2, 0.25) is 0 Å². The Balaban J connectivity index is 1.54. The summed E-state index contributed by atoms with van der Waals surface area (Å²) in [6.45, 7) is 10.3.